The highest BCUT2D eigenvalue weighted by Crippen LogP contribution is 2.24. The lowest BCUT2D eigenvalue weighted by molar-refractivity contribution is -0.128. The molecule has 0 radical (unpaired) electrons. The molecule has 8 heteroatoms. The molecule has 0 saturated carbocycles. The SMILES string of the molecule is CCCCCCCCCCCCCC(=O)NC1CC[C@@H](C2C(=O)NCCC[C@@H]2NC(=O)CCCCCCCCCCC)NC(=O)C1. The van der Waals surface area contributed by atoms with Gasteiger partial charge in [-0.1, -0.05) is 129 Å². The zero-order chi connectivity index (χ0) is 33.2. The van der Waals surface area contributed by atoms with Crippen LogP contribution in [-0.2, 0) is 19.2 Å². The minimum atomic E-state index is -0.510. The summed E-state index contributed by atoms with van der Waals surface area (Å²) >= 11 is 0. The topological polar surface area (TPSA) is 116 Å². The second kappa shape index (κ2) is 25.9. The highest BCUT2D eigenvalue weighted by Gasteiger charge is 2.40. The van der Waals surface area contributed by atoms with Crippen LogP contribution in [0.3, 0.4) is 0 Å². The molecule has 2 rings (SSSR count). The minimum Gasteiger partial charge on any atom is -0.356 e. The lowest BCUT2D eigenvalue weighted by Crippen LogP contribution is -2.54. The molecule has 2 heterocycles. The molecule has 0 aromatic rings. The maximum atomic E-state index is 13.2. The van der Waals surface area contributed by atoms with Crippen LogP contribution in [0, 0.1) is 5.92 Å². The van der Waals surface area contributed by atoms with Crippen molar-refractivity contribution in [3.63, 3.8) is 0 Å². The Morgan fingerprint density at radius 2 is 1.11 bits per heavy atom. The van der Waals surface area contributed by atoms with Gasteiger partial charge in [0.1, 0.15) is 0 Å². The zero-order valence-corrected chi connectivity index (χ0v) is 29.7. The molecule has 2 aliphatic heterocycles. The van der Waals surface area contributed by atoms with Crippen LogP contribution in [0.1, 0.15) is 187 Å². The molecule has 0 aromatic heterocycles. The van der Waals surface area contributed by atoms with Crippen molar-refractivity contribution in [1.82, 2.24) is 21.3 Å². The third-order valence-electron chi connectivity index (χ3n) is 9.99. The molecular weight excluding hydrogens is 576 g/mol. The van der Waals surface area contributed by atoms with Crippen LogP contribution in [0.4, 0.5) is 0 Å². The Labute approximate surface area is 281 Å². The number of carbonyl (C=O) groups excluding carboxylic acids is 4. The minimum absolute atomic E-state index is 0.000132. The number of hydrogen-bond acceptors (Lipinski definition) is 4. The predicted molar refractivity (Wildman–Crippen MR) is 188 cm³/mol. The fourth-order valence-corrected chi connectivity index (χ4v) is 7.20. The van der Waals surface area contributed by atoms with Crippen LogP contribution in [0.15, 0.2) is 0 Å². The third-order valence-corrected chi connectivity index (χ3v) is 9.99. The number of rotatable bonds is 25. The van der Waals surface area contributed by atoms with Gasteiger partial charge in [-0.15, -0.1) is 0 Å². The highest BCUT2D eigenvalue weighted by atomic mass is 16.2. The van der Waals surface area contributed by atoms with Gasteiger partial charge in [-0.05, 0) is 38.5 Å². The summed E-state index contributed by atoms with van der Waals surface area (Å²) < 4.78 is 0. The Morgan fingerprint density at radius 3 is 1.63 bits per heavy atom. The Morgan fingerprint density at radius 1 is 0.630 bits per heavy atom. The second-order valence-electron chi connectivity index (χ2n) is 14.2. The van der Waals surface area contributed by atoms with E-state index < -0.39 is 5.92 Å². The van der Waals surface area contributed by atoms with Crippen molar-refractivity contribution in [2.75, 3.05) is 6.54 Å². The molecule has 0 aliphatic carbocycles. The van der Waals surface area contributed by atoms with Crippen molar-refractivity contribution in [1.29, 1.82) is 0 Å². The van der Waals surface area contributed by atoms with Crippen LogP contribution < -0.4 is 21.3 Å². The number of carbonyl (C=O) groups is 4. The van der Waals surface area contributed by atoms with Crippen LogP contribution in [0.25, 0.3) is 0 Å². The number of nitrogens with one attached hydrogen (secondary N) is 4. The van der Waals surface area contributed by atoms with E-state index in [9.17, 15) is 19.2 Å². The maximum absolute atomic E-state index is 13.2. The Bertz CT molecular complexity index is 851. The molecule has 266 valence electrons. The van der Waals surface area contributed by atoms with Gasteiger partial charge in [0.2, 0.25) is 23.6 Å². The summed E-state index contributed by atoms with van der Waals surface area (Å²) in [6, 6.07) is -0.887. The average Bonchev–Trinajstić information content (AvgIpc) is 3.32. The van der Waals surface area contributed by atoms with Gasteiger partial charge in [-0.25, -0.2) is 0 Å². The van der Waals surface area contributed by atoms with Crippen molar-refractivity contribution in [2.45, 2.75) is 205 Å². The van der Waals surface area contributed by atoms with Crippen molar-refractivity contribution >= 4 is 23.6 Å². The summed E-state index contributed by atoms with van der Waals surface area (Å²) in [7, 11) is 0. The van der Waals surface area contributed by atoms with E-state index in [-0.39, 0.29) is 48.2 Å². The fourth-order valence-electron chi connectivity index (χ4n) is 7.20. The molecule has 2 aliphatic rings. The molecular formula is C38H70N4O4. The van der Waals surface area contributed by atoms with E-state index in [1.54, 1.807) is 0 Å². The molecule has 4 atom stereocenters. The van der Waals surface area contributed by atoms with E-state index in [1.165, 1.54) is 103 Å². The number of unbranched alkanes of at least 4 members (excludes halogenated alkanes) is 18. The lowest BCUT2D eigenvalue weighted by Gasteiger charge is -2.31. The molecule has 0 bridgehead atoms. The molecule has 0 aromatic carbocycles. The van der Waals surface area contributed by atoms with Gasteiger partial charge in [-0.2, -0.15) is 0 Å². The average molecular weight is 647 g/mol. The lowest BCUT2D eigenvalue weighted by atomic mass is 9.86. The summed E-state index contributed by atoms with van der Waals surface area (Å²) in [4.78, 5) is 51.7. The molecule has 4 N–H and O–H groups in total. The van der Waals surface area contributed by atoms with Crippen molar-refractivity contribution in [2.24, 2.45) is 5.92 Å². The van der Waals surface area contributed by atoms with E-state index in [0.717, 1.165) is 32.1 Å². The Kier molecular flexibility index (Phi) is 22.6. The Balaban J connectivity index is 1.71. The van der Waals surface area contributed by atoms with E-state index >= 15 is 0 Å². The smallest absolute Gasteiger partial charge is 0.227 e. The molecule has 0 spiro atoms. The van der Waals surface area contributed by atoms with Crippen molar-refractivity contribution in [3.05, 3.63) is 0 Å². The first-order valence-electron chi connectivity index (χ1n) is 19.6. The van der Waals surface area contributed by atoms with Crippen molar-refractivity contribution < 1.29 is 19.2 Å². The summed E-state index contributed by atoms with van der Waals surface area (Å²) in [5.74, 6) is -0.736. The van der Waals surface area contributed by atoms with Crippen molar-refractivity contribution in [3.8, 4) is 0 Å². The first-order chi connectivity index (χ1) is 22.4. The largest absolute Gasteiger partial charge is 0.356 e. The van der Waals surface area contributed by atoms with Gasteiger partial charge in [0.15, 0.2) is 0 Å². The summed E-state index contributed by atoms with van der Waals surface area (Å²) in [5.41, 5.74) is 0. The van der Waals surface area contributed by atoms with E-state index in [4.69, 9.17) is 0 Å². The van der Waals surface area contributed by atoms with Crippen LogP contribution in [0.2, 0.25) is 0 Å². The molecule has 2 fully saturated rings. The van der Waals surface area contributed by atoms with Crippen LogP contribution >= 0.6 is 0 Å². The van der Waals surface area contributed by atoms with Gasteiger partial charge in [0, 0.05) is 43.9 Å². The third kappa shape index (κ3) is 18.3. The van der Waals surface area contributed by atoms with Gasteiger partial charge < -0.3 is 21.3 Å². The molecule has 4 amide bonds. The van der Waals surface area contributed by atoms with E-state index in [1.807, 2.05) is 0 Å². The Hall–Kier alpha value is -2.12. The van der Waals surface area contributed by atoms with Gasteiger partial charge >= 0.3 is 0 Å². The fraction of sp³-hybridized carbons (Fsp3) is 0.895. The van der Waals surface area contributed by atoms with Crippen LogP contribution in [0.5, 0.6) is 0 Å². The van der Waals surface area contributed by atoms with Crippen LogP contribution in [-0.4, -0.2) is 48.3 Å². The highest BCUT2D eigenvalue weighted by molar-refractivity contribution is 5.84. The van der Waals surface area contributed by atoms with Gasteiger partial charge in [0.25, 0.3) is 0 Å². The first kappa shape index (κ1) is 40.1. The molecule has 2 saturated heterocycles. The number of amides is 4. The van der Waals surface area contributed by atoms with E-state index in [2.05, 4.69) is 35.1 Å². The second-order valence-corrected chi connectivity index (χ2v) is 14.2. The van der Waals surface area contributed by atoms with E-state index in [0.29, 0.717) is 38.6 Å². The number of hydrogen-bond donors (Lipinski definition) is 4. The first-order valence-corrected chi connectivity index (χ1v) is 19.6. The summed E-state index contributed by atoms with van der Waals surface area (Å²) in [5, 5.41) is 12.4. The zero-order valence-electron chi connectivity index (χ0n) is 29.7. The molecule has 8 nitrogen and oxygen atoms in total. The van der Waals surface area contributed by atoms with Gasteiger partial charge in [0.05, 0.1) is 5.92 Å². The monoisotopic (exact) mass is 647 g/mol. The predicted octanol–water partition coefficient (Wildman–Crippen LogP) is 7.77. The quantitative estimate of drug-likeness (QED) is 0.0758. The standard InChI is InChI=1S/C38H70N4O4/c1-3-5-7-9-11-13-14-16-18-19-21-25-34(43)40-31-27-28-33(42-36(45)30-31)37-32(24-23-29-39-38(37)46)41-35(44)26-22-20-17-15-12-10-8-6-4-2/h31-33,37H,3-30H2,1-2H3,(H,39,46)(H,40,43)(H,41,44)(H,42,45)/t31?,32-,33-,37?/m0/s1. The molecule has 46 heavy (non-hydrogen) atoms. The molecule has 2 unspecified atom stereocenters. The van der Waals surface area contributed by atoms with Gasteiger partial charge in [-0.3, -0.25) is 19.2 Å². The normalized spacial score (nSPS) is 22.0. The summed E-state index contributed by atoms with van der Waals surface area (Å²) in [6.07, 6.45) is 28.5. The summed E-state index contributed by atoms with van der Waals surface area (Å²) in [6.45, 7) is 5.07. The maximum Gasteiger partial charge on any atom is 0.227 e.